The molecule has 3 unspecified atom stereocenters. The van der Waals surface area contributed by atoms with Crippen LogP contribution in [0.5, 0.6) is 0 Å². The molecule has 1 aliphatic heterocycles. The minimum absolute atomic E-state index is 0.00752. The number of carbonyl (C=O) groups is 2. The highest BCUT2D eigenvalue weighted by atomic mass is 35.5. The van der Waals surface area contributed by atoms with Gasteiger partial charge in [0.15, 0.2) is 0 Å². The summed E-state index contributed by atoms with van der Waals surface area (Å²) in [7, 11) is 0. The van der Waals surface area contributed by atoms with Crippen LogP contribution in [-0.4, -0.2) is 55.1 Å². The van der Waals surface area contributed by atoms with Crippen molar-refractivity contribution in [1.82, 2.24) is 15.5 Å². The van der Waals surface area contributed by atoms with Gasteiger partial charge in [-0.1, -0.05) is 30.5 Å². The Morgan fingerprint density at radius 1 is 1.33 bits per heavy atom. The minimum atomic E-state index is -0.564. The maximum absolute atomic E-state index is 14.7. The van der Waals surface area contributed by atoms with Crippen molar-refractivity contribution < 1.29 is 18.7 Å². The average Bonchev–Trinajstić information content (AvgIpc) is 3.22. The molecule has 30 heavy (non-hydrogen) atoms. The van der Waals surface area contributed by atoms with Crippen LogP contribution in [0.1, 0.15) is 51.1 Å². The molecule has 1 aromatic carbocycles. The lowest BCUT2D eigenvalue weighted by Crippen LogP contribution is -2.52. The van der Waals surface area contributed by atoms with Gasteiger partial charge in [0.2, 0.25) is 11.8 Å². The molecule has 1 aromatic rings. The zero-order chi connectivity index (χ0) is 21.7. The Hall–Kier alpha value is -1.70. The summed E-state index contributed by atoms with van der Waals surface area (Å²) >= 11 is 6.36. The third kappa shape index (κ3) is 5.71. The first-order chi connectivity index (χ1) is 14.4. The van der Waals surface area contributed by atoms with Gasteiger partial charge < -0.3 is 15.4 Å². The second kappa shape index (κ2) is 10.6. The largest absolute Gasteiger partial charge is 0.376 e. The Bertz CT molecular complexity index is 737. The molecule has 6 nitrogen and oxygen atoms in total. The van der Waals surface area contributed by atoms with Gasteiger partial charge in [0.1, 0.15) is 11.9 Å². The van der Waals surface area contributed by atoms with E-state index in [1.807, 2.05) is 6.92 Å². The summed E-state index contributed by atoms with van der Waals surface area (Å²) in [6.07, 6.45) is 3.97. The molecule has 2 amide bonds. The topological polar surface area (TPSA) is 70.7 Å². The Morgan fingerprint density at radius 2 is 2.07 bits per heavy atom. The molecule has 0 radical (unpaired) electrons. The quantitative estimate of drug-likeness (QED) is 0.685. The Labute approximate surface area is 182 Å². The summed E-state index contributed by atoms with van der Waals surface area (Å²) in [5.41, 5.74) is 0.380. The molecule has 3 rings (SSSR count). The van der Waals surface area contributed by atoms with Crippen LogP contribution < -0.4 is 10.6 Å². The molecule has 2 aliphatic rings. The summed E-state index contributed by atoms with van der Waals surface area (Å²) < 4.78 is 20.4. The van der Waals surface area contributed by atoms with E-state index in [2.05, 4.69) is 15.5 Å². The lowest BCUT2D eigenvalue weighted by atomic mass is 9.96. The fourth-order valence-corrected chi connectivity index (χ4v) is 4.87. The van der Waals surface area contributed by atoms with Crippen molar-refractivity contribution in [2.24, 2.45) is 5.92 Å². The van der Waals surface area contributed by atoms with Gasteiger partial charge in [-0.25, -0.2) is 4.39 Å². The predicted octanol–water partition coefficient (Wildman–Crippen LogP) is 3.05. The van der Waals surface area contributed by atoms with Crippen LogP contribution in [0.4, 0.5) is 4.39 Å². The second-order valence-corrected chi connectivity index (χ2v) is 8.70. The van der Waals surface area contributed by atoms with Crippen LogP contribution in [0.25, 0.3) is 0 Å². The first-order valence-electron chi connectivity index (χ1n) is 10.7. The molecular weight excluding hydrogens is 409 g/mol. The van der Waals surface area contributed by atoms with E-state index in [-0.39, 0.29) is 30.4 Å². The number of morpholine rings is 1. The highest BCUT2D eigenvalue weighted by Gasteiger charge is 2.34. The normalized spacial score (nSPS) is 22.5. The van der Waals surface area contributed by atoms with Gasteiger partial charge >= 0.3 is 0 Å². The van der Waals surface area contributed by atoms with Gasteiger partial charge in [-0.2, -0.15) is 0 Å². The summed E-state index contributed by atoms with van der Waals surface area (Å²) in [5, 5.41) is 6.11. The smallest absolute Gasteiger partial charge is 0.242 e. The minimum Gasteiger partial charge on any atom is -0.376 e. The van der Waals surface area contributed by atoms with Crippen LogP contribution in [0.3, 0.4) is 0 Å². The summed E-state index contributed by atoms with van der Waals surface area (Å²) in [6, 6.07) is 3.64. The van der Waals surface area contributed by atoms with E-state index >= 15 is 0 Å². The van der Waals surface area contributed by atoms with E-state index in [9.17, 15) is 14.0 Å². The number of hydrogen-bond acceptors (Lipinski definition) is 4. The molecule has 3 atom stereocenters. The van der Waals surface area contributed by atoms with E-state index in [0.717, 1.165) is 25.7 Å². The number of carbonyl (C=O) groups excluding carboxylic acids is 2. The molecule has 0 bridgehead atoms. The zero-order valence-corrected chi connectivity index (χ0v) is 18.4. The van der Waals surface area contributed by atoms with Gasteiger partial charge in [0.05, 0.1) is 18.8 Å². The molecule has 8 heteroatoms. The monoisotopic (exact) mass is 439 g/mol. The maximum atomic E-state index is 14.7. The molecule has 1 saturated carbocycles. The van der Waals surface area contributed by atoms with Crippen LogP contribution >= 0.6 is 11.6 Å². The molecule has 2 fully saturated rings. The van der Waals surface area contributed by atoms with Crippen molar-refractivity contribution in [1.29, 1.82) is 0 Å². The fourth-order valence-electron chi connectivity index (χ4n) is 4.59. The van der Waals surface area contributed by atoms with E-state index < -0.39 is 17.9 Å². The van der Waals surface area contributed by atoms with Crippen molar-refractivity contribution in [3.63, 3.8) is 0 Å². The molecule has 1 saturated heterocycles. The third-order valence-electron chi connectivity index (χ3n) is 6.03. The van der Waals surface area contributed by atoms with Gasteiger partial charge in [-0.05, 0) is 37.8 Å². The van der Waals surface area contributed by atoms with Crippen LogP contribution in [0.15, 0.2) is 18.2 Å². The predicted molar refractivity (Wildman–Crippen MR) is 114 cm³/mol. The van der Waals surface area contributed by atoms with Gasteiger partial charge in [0, 0.05) is 37.1 Å². The maximum Gasteiger partial charge on any atom is 0.242 e. The van der Waals surface area contributed by atoms with Crippen LogP contribution in [0.2, 0.25) is 5.02 Å². The number of rotatable bonds is 7. The number of benzene rings is 1. The summed E-state index contributed by atoms with van der Waals surface area (Å²) in [6.45, 7) is 5.36. The molecule has 0 spiro atoms. The van der Waals surface area contributed by atoms with Gasteiger partial charge in [0.25, 0.3) is 0 Å². The number of amides is 2. The average molecular weight is 440 g/mol. The van der Waals surface area contributed by atoms with Crippen molar-refractivity contribution >= 4 is 23.4 Å². The first kappa shape index (κ1) is 23.0. The molecular formula is C22H31ClFN3O3. The Morgan fingerprint density at radius 3 is 2.70 bits per heavy atom. The number of hydrogen-bond donors (Lipinski definition) is 2. The van der Waals surface area contributed by atoms with E-state index in [0.29, 0.717) is 30.3 Å². The van der Waals surface area contributed by atoms with E-state index in [4.69, 9.17) is 16.3 Å². The van der Waals surface area contributed by atoms with Crippen LogP contribution in [0, 0.1) is 11.7 Å². The standard InChI is InChI=1S/C22H31ClFN3O3/c1-14-13-27(10-11-30-14)19(20-17(23)8-5-9-18(20)24)12-25-22(29)21(26-15(2)28)16-6-3-4-7-16/h5,8-9,14,16,19,21H,3-4,6-7,10-13H2,1-2H3,(H,25,29)(H,26,28). The van der Waals surface area contributed by atoms with Gasteiger partial charge in [-0.15, -0.1) is 0 Å². The van der Waals surface area contributed by atoms with Crippen molar-refractivity contribution in [3.8, 4) is 0 Å². The van der Waals surface area contributed by atoms with Gasteiger partial charge in [-0.3, -0.25) is 14.5 Å². The van der Waals surface area contributed by atoms with Crippen LogP contribution in [-0.2, 0) is 14.3 Å². The number of nitrogens with one attached hydrogen (secondary N) is 2. The number of halogens is 2. The highest BCUT2D eigenvalue weighted by Crippen LogP contribution is 2.32. The molecule has 1 heterocycles. The van der Waals surface area contributed by atoms with Crippen molar-refractivity contribution in [3.05, 3.63) is 34.6 Å². The second-order valence-electron chi connectivity index (χ2n) is 8.30. The molecule has 2 N–H and O–H groups in total. The molecule has 1 aliphatic carbocycles. The number of nitrogens with zero attached hydrogens (tertiary/aromatic N) is 1. The zero-order valence-electron chi connectivity index (χ0n) is 17.6. The first-order valence-corrected chi connectivity index (χ1v) is 11.1. The Kier molecular flexibility index (Phi) is 8.08. The third-order valence-corrected chi connectivity index (χ3v) is 6.36. The fraction of sp³-hybridized carbons (Fsp3) is 0.636. The summed E-state index contributed by atoms with van der Waals surface area (Å²) in [5.74, 6) is -0.712. The van der Waals surface area contributed by atoms with E-state index in [1.54, 1.807) is 12.1 Å². The number of ether oxygens (including phenoxy) is 1. The molecule has 0 aromatic heterocycles. The lowest BCUT2D eigenvalue weighted by Gasteiger charge is -2.38. The van der Waals surface area contributed by atoms with E-state index in [1.165, 1.54) is 13.0 Å². The Balaban J connectivity index is 1.78. The SMILES string of the molecule is CC(=O)NC(C(=O)NCC(c1c(F)cccc1Cl)N1CCOC(C)C1)C1CCCC1. The van der Waals surface area contributed by atoms with Crippen molar-refractivity contribution in [2.75, 3.05) is 26.2 Å². The lowest BCUT2D eigenvalue weighted by molar-refractivity contribution is -0.129. The summed E-state index contributed by atoms with van der Waals surface area (Å²) in [4.78, 5) is 26.8. The molecule has 166 valence electrons. The van der Waals surface area contributed by atoms with Crippen molar-refractivity contribution in [2.45, 2.75) is 57.7 Å². The highest BCUT2D eigenvalue weighted by molar-refractivity contribution is 6.31.